The van der Waals surface area contributed by atoms with Crippen LogP contribution in [0.5, 0.6) is 5.75 Å². The molecule has 0 aliphatic rings. The fraction of sp³-hybridized carbons (Fsp3) is 0.250. The van der Waals surface area contributed by atoms with E-state index in [9.17, 15) is 19.7 Å². The number of anilines is 2. The first-order valence-corrected chi connectivity index (χ1v) is 7.66. The maximum absolute atomic E-state index is 11.9. The average Bonchev–Trinajstić information content (AvgIpc) is 2.67. The highest BCUT2D eigenvalue weighted by atomic mass is 16.6. The molecule has 2 rings (SSSR count). The number of benzene rings is 1. The number of aromatic nitrogens is 2. The number of amides is 1. The highest BCUT2D eigenvalue weighted by Crippen LogP contribution is 2.28. The van der Waals surface area contributed by atoms with Crippen molar-refractivity contribution < 1.29 is 24.0 Å². The molecule has 0 radical (unpaired) electrons. The number of esters is 1. The van der Waals surface area contributed by atoms with E-state index in [1.807, 2.05) is 0 Å². The van der Waals surface area contributed by atoms with Gasteiger partial charge in [0.15, 0.2) is 6.61 Å². The number of carbonyl (C=O) groups excluding carboxylic acids is 2. The van der Waals surface area contributed by atoms with Gasteiger partial charge in [-0.2, -0.15) is 0 Å². The zero-order valence-corrected chi connectivity index (χ0v) is 14.6. The van der Waals surface area contributed by atoms with Crippen LogP contribution in [0.3, 0.4) is 0 Å². The number of rotatable bonds is 8. The van der Waals surface area contributed by atoms with Crippen LogP contribution in [0.1, 0.15) is 0 Å². The minimum Gasteiger partial charge on any atom is -0.496 e. The quantitative estimate of drug-likeness (QED) is 0.407. The number of hydrogen-bond acceptors (Lipinski definition) is 9. The SMILES string of the molecule is COc1ccc(NC(=O)COC(=O)CN(C)c2ncccn2)c([N+](=O)[O-])c1. The van der Waals surface area contributed by atoms with E-state index in [0.717, 1.165) is 0 Å². The number of hydrogen-bond donors (Lipinski definition) is 1. The van der Waals surface area contributed by atoms with Crippen LogP contribution >= 0.6 is 0 Å². The van der Waals surface area contributed by atoms with Crippen LogP contribution in [-0.4, -0.2) is 54.1 Å². The number of likely N-dealkylation sites (N-methyl/N-ethyl adjacent to an activating group) is 1. The van der Waals surface area contributed by atoms with E-state index in [4.69, 9.17) is 9.47 Å². The summed E-state index contributed by atoms with van der Waals surface area (Å²) in [6.45, 7) is -0.758. The van der Waals surface area contributed by atoms with Gasteiger partial charge in [0.05, 0.1) is 18.1 Å². The number of ether oxygens (including phenoxy) is 2. The average molecular weight is 375 g/mol. The van der Waals surface area contributed by atoms with Gasteiger partial charge in [0.1, 0.15) is 18.0 Å². The van der Waals surface area contributed by atoms with Gasteiger partial charge >= 0.3 is 5.97 Å². The molecule has 0 bridgehead atoms. The number of nitrogens with one attached hydrogen (secondary N) is 1. The van der Waals surface area contributed by atoms with Crippen LogP contribution < -0.4 is 15.0 Å². The van der Waals surface area contributed by atoms with Crippen molar-refractivity contribution in [2.75, 3.05) is 37.5 Å². The Hall–Kier alpha value is -3.76. The van der Waals surface area contributed by atoms with Crippen LogP contribution in [0, 0.1) is 10.1 Å². The first-order valence-electron chi connectivity index (χ1n) is 7.66. The lowest BCUT2D eigenvalue weighted by molar-refractivity contribution is -0.384. The molecule has 27 heavy (non-hydrogen) atoms. The van der Waals surface area contributed by atoms with Crippen molar-refractivity contribution in [2.45, 2.75) is 0 Å². The summed E-state index contributed by atoms with van der Waals surface area (Å²) in [5, 5.41) is 13.4. The third-order valence-electron chi connectivity index (χ3n) is 3.30. The van der Waals surface area contributed by atoms with Crippen LogP contribution in [0.25, 0.3) is 0 Å². The van der Waals surface area contributed by atoms with Crippen molar-refractivity contribution in [1.29, 1.82) is 0 Å². The number of methoxy groups -OCH3 is 1. The molecular weight excluding hydrogens is 358 g/mol. The standard InChI is InChI=1S/C16H17N5O6/c1-20(16-17-6-3-7-18-16)9-15(23)27-10-14(22)19-12-5-4-11(26-2)8-13(12)21(24)25/h3-8H,9-10H2,1-2H3,(H,19,22). The minimum absolute atomic E-state index is 0.0309. The molecule has 142 valence electrons. The predicted molar refractivity (Wildman–Crippen MR) is 94.5 cm³/mol. The molecular formula is C16H17N5O6. The number of nitro groups is 1. The first kappa shape index (κ1) is 19.6. The molecule has 0 unspecified atom stereocenters. The summed E-state index contributed by atoms with van der Waals surface area (Å²) in [6.07, 6.45) is 3.05. The zero-order valence-electron chi connectivity index (χ0n) is 14.6. The van der Waals surface area contributed by atoms with E-state index >= 15 is 0 Å². The molecule has 11 heteroatoms. The Kier molecular flexibility index (Phi) is 6.58. The number of nitro benzene ring substituents is 1. The van der Waals surface area contributed by atoms with E-state index in [-0.39, 0.29) is 23.7 Å². The molecule has 1 N–H and O–H groups in total. The molecule has 1 aromatic carbocycles. The van der Waals surface area contributed by atoms with Crippen LogP contribution in [0.15, 0.2) is 36.7 Å². The van der Waals surface area contributed by atoms with Crippen LogP contribution in [0.2, 0.25) is 0 Å². The smallest absolute Gasteiger partial charge is 0.326 e. The van der Waals surface area contributed by atoms with E-state index < -0.39 is 23.4 Å². The second kappa shape index (κ2) is 9.08. The van der Waals surface area contributed by atoms with Gasteiger partial charge in [0.2, 0.25) is 5.95 Å². The summed E-state index contributed by atoms with van der Waals surface area (Å²) in [7, 11) is 2.96. The molecule has 1 amide bonds. The third kappa shape index (κ3) is 5.63. The zero-order chi connectivity index (χ0) is 19.8. The molecule has 1 heterocycles. The van der Waals surface area contributed by atoms with Crippen molar-refractivity contribution in [3.8, 4) is 5.75 Å². The van der Waals surface area contributed by atoms with Crippen molar-refractivity contribution in [1.82, 2.24) is 9.97 Å². The summed E-state index contributed by atoms with van der Waals surface area (Å²) >= 11 is 0. The lowest BCUT2D eigenvalue weighted by Gasteiger charge is -2.15. The fourth-order valence-corrected chi connectivity index (χ4v) is 2.03. The maximum Gasteiger partial charge on any atom is 0.326 e. The molecule has 0 fully saturated rings. The molecule has 11 nitrogen and oxygen atoms in total. The Morgan fingerprint density at radius 2 is 2.00 bits per heavy atom. The largest absolute Gasteiger partial charge is 0.496 e. The summed E-state index contributed by atoms with van der Waals surface area (Å²) in [6, 6.07) is 5.61. The lowest BCUT2D eigenvalue weighted by Crippen LogP contribution is -2.30. The molecule has 0 aliphatic heterocycles. The minimum atomic E-state index is -0.713. The van der Waals surface area contributed by atoms with Gasteiger partial charge in [-0.15, -0.1) is 0 Å². The molecule has 2 aromatic rings. The van der Waals surface area contributed by atoms with Crippen LogP contribution in [0.4, 0.5) is 17.3 Å². The molecule has 0 aliphatic carbocycles. The summed E-state index contributed by atoms with van der Waals surface area (Å²) < 4.78 is 9.79. The lowest BCUT2D eigenvalue weighted by atomic mass is 10.2. The van der Waals surface area contributed by atoms with Crippen molar-refractivity contribution in [3.05, 3.63) is 46.8 Å². The Morgan fingerprint density at radius 3 is 2.63 bits per heavy atom. The van der Waals surface area contributed by atoms with Crippen molar-refractivity contribution >= 4 is 29.2 Å². The Morgan fingerprint density at radius 1 is 1.30 bits per heavy atom. The maximum atomic E-state index is 11.9. The molecule has 0 saturated heterocycles. The van der Waals surface area contributed by atoms with Crippen molar-refractivity contribution in [3.63, 3.8) is 0 Å². The van der Waals surface area contributed by atoms with E-state index in [1.54, 1.807) is 13.1 Å². The Balaban J connectivity index is 1.89. The van der Waals surface area contributed by atoms with E-state index in [0.29, 0.717) is 5.95 Å². The number of carbonyl (C=O) groups is 2. The fourth-order valence-electron chi connectivity index (χ4n) is 2.03. The highest BCUT2D eigenvalue weighted by molar-refractivity contribution is 5.95. The highest BCUT2D eigenvalue weighted by Gasteiger charge is 2.18. The van der Waals surface area contributed by atoms with Crippen LogP contribution in [-0.2, 0) is 14.3 Å². The van der Waals surface area contributed by atoms with Gasteiger partial charge in [-0.25, -0.2) is 9.97 Å². The van der Waals surface area contributed by atoms with E-state index in [1.165, 1.54) is 42.6 Å². The summed E-state index contributed by atoms with van der Waals surface area (Å²) in [4.78, 5) is 43.6. The molecule has 1 aromatic heterocycles. The molecule has 0 spiro atoms. The molecule has 0 atom stereocenters. The van der Waals surface area contributed by atoms with Crippen molar-refractivity contribution in [2.24, 2.45) is 0 Å². The Labute approximate surface area is 154 Å². The van der Waals surface area contributed by atoms with Gasteiger partial charge in [0.25, 0.3) is 11.6 Å². The van der Waals surface area contributed by atoms with Gasteiger partial charge < -0.3 is 19.7 Å². The second-order valence-corrected chi connectivity index (χ2v) is 5.25. The summed E-state index contributed by atoms with van der Waals surface area (Å²) in [5.74, 6) is -0.787. The normalized spacial score (nSPS) is 10.0. The predicted octanol–water partition coefficient (Wildman–Crippen LogP) is 1.01. The van der Waals surface area contributed by atoms with Gasteiger partial charge in [-0.3, -0.25) is 19.7 Å². The Bertz CT molecular complexity index is 829. The second-order valence-electron chi connectivity index (χ2n) is 5.25. The monoisotopic (exact) mass is 375 g/mol. The first-order chi connectivity index (χ1) is 12.9. The number of nitrogens with zero attached hydrogens (tertiary/aromatic N) is 4. The molecule has 0 saturated carbocycles. The van der Waals surface area contributed by atoms with Gasteiger partial charge in [-0.05, 0) is 18.2 Å². The summed E-state index contributed by atoms with van der Waals surface area (Å²) in [5.41, 5.74) is -0.369. The van der Waals surface area contributed by atoms with E-state index in [2.05, 4.69) is 15.3 Å². The topological polar surface area (TPSA) is 137 Å². The van der Waals surface area contributed by atoms with Gasteiger partial charge in [0, 0.05) is 19.4 Å². The third-order valence-corrected chi connectivity index (χ3v) is 3.30. The van der Waals surface area contributed by atoms with Gasteiger partial charge in [-0.1, -0.05) is 0 Å².